The van der Waals surface area contributed by atoms with E-state index in [0.717, 1.165) is 10.0 Å². The van der Waals surface area contributed by atoms with E-state index in [2.05, 4.69) is 26.6 Å². The highest BCUT2D eigenvalue weighted by molar-refractivity contribution is 9.10. The van der Waals surface area contributed by atoms with Gasteiger partial charge in [0.05, 0.1) is 17.8 Å². The number of aryl methyl sites for hydroxylation is 1. The summed E-state index contributed by atoms with van der Waals surface area (Å²) in [4.78, 5) is 23.4. The molecule has 23 heavy (non-hydrogen) atoms. The molecule has 0 heterocycles. The highest BCUT2D eigenvalue weighted by atomic mass is 79.9. The lowest BCUT2D eigenvalue weighted by Gasteiger charge is -2.12. The number of amides is 2. The fourth-order valence-electron chi connectivity index (χ4n) is 1.97. The lowest BCUT2D eigenvalue weighted by Crippen LogP contribution is -2.23. The molecule has 0 aromatic heterocycles. The van der Waals surface area contributed by atoms with Gasteiger partial charge < -0.3 is 16.4 Å². The predicted molar refractivity (Wildman–Crippen MR) is 96.0 cm³/mol. The Kier molecular flexibility index (Phi) is 5.63. The molecule has 4 N–H and O–H groups in total. The maximum Gasteiger partial charge on any atom is 0.250 e. The smallest absolute Gasteiger partial charge is 0.250 e. The number of hydrogen-bond acceptors (Lipinski definition) is 3. The Morgan fingerprint density at radius 2 is 1.91 bits per heavy atom. The topological polar surface area (TPSA) is 84.2 Å². The van der Waals surface area contributed by atoms with E-state index in [1.807, 2.05) is 25.1 Å². The molecular formula is C16H15BrClN3O2. The van der Waals surface area contributed by atoms with E-state index in [1.54, 1.807) is 12.1 Å². The first-order valence-corrected chi connectivity index (χ1v) is 7.93. The largest absolute Gasteiger partial charge is 0.375 e. The van der Waals surface area contributed by atoms with Gasteiger partial charge in [-0.05, 0) is 58.7 Å². The second-order valence-corrected chi connectivity index (χ2v) is 6.23. The molecule has 0 fully saturated rings. The van der Waals surface area contributed by atoms with E-state index in [9.17, 15) is 9.59 Å². The minimum Gasteiger partial charge on any atom is -0.375 e. The Morgan fingerprint density at radius 3 is 2.57 bits per heavy atom. The molecular weight excluding hydrogens is 382 g/mol. The molecule has 2 rings (SSSR count). The zero-order chi connectivity index (χ0) is 17.0. The fraction of sp³-hybridized carbons (Fsp3) is 0.125. The van der Waals surface area contributed by atoms with Gasteiger partial charge in [-0.15, -0.1) is 0 Å². The normalized spacial score (nSPS) is 10.2. The van der Waals surface area contributed by atoms with Crippen LogP contribution in [-0.4, -0.2) is 18.4 Å². The summed E-state index contributed by atoms with van der Waals surface area (Å²) < 4.78 is 0.798. The first-order chi connectivity index (χ1) is 10.9. The predicted octanol–water partition coefficient (Wildman–Crippen LogP) is 3.56. The van der Waals surface area contributed by atoms with Gasteiger partial charge in [-0.2, -0.15) is 0 Å². The van der Waals surface area contributed by atoms with Crippen LogP contribution in [0.3, 0.4) is 0 Å². The van der Waals surface area contributed by atoms with Crippen LogP contribution in [0.4, 0.5) is 11.4 Å². The number of primary amides is 1. The minimum atomic E-state index is -0.592. The maximum absolute atomic E-state index is 12.0. The highest BCUT2D eigenvalue weighted by Crippen LogP contribution is 2.24. The lowest BCUT2D eigenvalue weighted by molar-refractivity contribution is -0.114. The molecule has 0 aliphatic carbocycles. The van der Waals surface area contributed by atoms with E-state index < -0.39 is 5.91 Å². The molecule has 0 atom stereocenters. The van der Waals surface area contributed by atoms with Crippen LogP contribution in [-0.2, 0) is 4.79 Å². The fourth-order valence-corrected chi connectivity index (χ4v) is 2.73. The minimum absolute atomic E-state index is 0.0268. The third kappa shape index (κ3) is 4.71. The van der Waals surface area contributed by atoms with Gasteiger partial charge in [0, 0.05) is 15.2 Å². The SMILES string of the molecule is Cc1ccc(NC(=O)CNc2cc(Cl)ccc2C(N)=O)c(Br)c1. The zero-order valence-corrected chi connectivity index (χ0v) is 14.7. The van der Waals surface area contributed by atoms with Crippen molar-refractivity contribution in [1.29, 1.82) is 0 Å². The van der Waals surface area contributed by atoms with Crippen LogP contribution in [0, 0.1) is 6.92 Å². The summed E-state index contributed by atoms with van der Waals surface area (Å²) in [5.41, 5.74) is 7.75. The van der Waals surface area contributed by atoms with Crippen molar-refractivity contribution in [3.8, 4) is 0 Å². The van der Waals surface area contributed by atoms with Crippen molar-refractivity contribution in [2.24, 2.45) is 5.73 Å². The molecule has 120 valence electrons. The summed E-state index contributed by atoms with van der Waals surface area (Å²) in [5.74, 6) is -0.851. The first-order valence-electron chi connectivity index (χ1n) is 6.76. The molecule has 0 aliphatic rings. The number of nitrogens with one attached hydrogen (secondary N) is 2. The van der Waals surface area contributed by atoms with E-state index in [-0.39, 0.29) is 18.0 Å². The molecule has 0 saturated carbocycles. The van der Waals surface area contributed by atoms with Gasteiger partial charge in [-0.25, -0.2) is 0 Å². The number of carbonyl (C=O) groups excluding carboxylic acids is 2. The quantitative estimate of drug-likeness (QED) is 0.722. The maximum atomic E-state index is 12.0. The average Bonchev–Trinajstić information content (AvgIpc) is 2.48. The molecule has 2 aromatic carbocycles. The van der Waals surface area contributed by atoms with Crippen LogP contribution in [0.25, 0.3) is 0 Å². The summed E-state index contributed by atoms with van der Waals surface area (Å²) >= 11 is 9.30. The van der Waals surface area contributed by atoms with Crippen molar-refractivity contribution in [3.05, 3.63) is 57.0 Å². The average molecular weight is 397 g/mol. The van der Waals surface area contributed by atoms with Gasteiger partial charge >= 0.3 is 0 Å². The van der Waals surface area contributed by atoms with E-state index >= 15 is 0 Å². The zero-order valence-electron chi connectivity index (χ0n) is 12.3. The number of nitrogens with two attached hydrogens (primary N) is 1. The Bertz CT molecular complexity index is 765. The van der Waals surface area contributed by atoms with E-state index in [1.165, 1.54) is 6.07 Å². The van der Waals surface area contributed by atoms with Gasteiger partial charge in [0.1, 0.15) is 0 Å². The standard InChI is InChI=1S/C16H15BrClN3O2/c1-9-2-5-13(12(17)6-9)21-15(22)8-20-14-7-10(18)3-4-11(14)16(19)23/h2-7,20H,8H2,1H3,(H2,19,23)(H,21,22). The summed E-state index contributed by atoms with van der Waals surface area (Å²) in [6.45, 7) is 1.93. The Hall–Kier alpha value is -2.05. The molecule has 0 spiro atoms. The number of carbonyl (C=O) groups is 2. The van der Waals surface area contributed by atoms with Crippen LogP contribution in [0.2, 0.25) is 5.02 Å². The second-order valence-electron chi connectivity index (χ2n) is 4.94. The Labute approximate surface area is 147 Å². The molecule has 2 amide bonds. The van der Waals surface area contributed by atoms with Gasteiger partial charge in [-0.1, -0.05) is 17.7 Å². The van der Waals surface area contributed by atoms with Gasteiger partial charge in [0.2, 0.25) is 5.91 Å². The molecule has 0 radical (unpaired) electrons. The van der Waals surface area contributed by atoms with Crippen molar-refractivity contribution in [3.63, 3.8) is 0 Å². The van der Waals surface area contributed by atoms with Crippen LogP contribution >= 0.6 is 27.5 Å². The van der Waals surface area contributed by atoms with Crippen molar-refractivity contribution in [2.45, 2.75) is 6.92 Å². The molecule has 2 aromatic rings. The lowest BCUT2D eigenvalue weighted by atomic mass is 10.1. The summed E-state index contributed by atoms with van der Waals surface area (Å²) in [5, 5.41) is 6.09. The summed E-state index contributed by atoms with van der Waals surface area (Å²) in [7, 11) is 0. The molecule has 7 heteroatoms. The third-order valence-corrected chi connectivity index (χ3v) is 3.98. The van der Waals surface area contributed by atoms with Crippen LogP contribution in [0.1, 0.15) is 15.9 Å². The number of benzene rings is 2. The Balaban J connectivity index is 2.05. The first kappa shape index (κ1) is 17.3. The van der Waals surface area contributed by atoms with Gasteiger partial charge in [-0.3, -0.25) is 9.59 Å². The van der Waals surface area contributed by atoms with E-state index in [4.69, 9.17) is 17.3 Å². The highest BCUT2D eigenvalue weighted by Gasteiger charge is 2.11. The van der Waals surface area contributed by atoms with Crippen LogP contribution in [0.15, 0.2) is 40.9 Å². The number of hydrogen-bond donors (Lipinski definition) is 3. The second kappa shape index (κ2) is 7.48. The molecule has 0 saturated heterocycles. The van der Waals surface area contributed by atoms with Crippen molar-refractivity contribution in [1.82, 2.24) is 0 Å². The van der Waals surface area contributed by atoms with Crippen molar-refractivity contribution in [2.75, 3.05) is 17.2 Å². The summed E-state index contributed by atoms with van der Waals surface area (Å²) in [6.07, 6.45) is 0. The van der Waals surface area contributed by atoms with Crippen molar-refractivity contribution < 1.29 is 9.59 Å². The number of halogens is 2. The monoisotopic (exact) mass is 395 g/mol. The van der Waals surface area contributed by atoms with Crippen LogP contribution < -0.4 is 16.4 Å². The molecule has 5 nitrogen and oxygen atoms in total. The van der Waals surface area contributed by atoms with Gasteiger partial charge in [0.25, 0.3) is 5.91 Å². The van der Waals surface area contributed by atoms with Crippen molar-refractivity contribution >= 4 is 50.7 Å². The number of anilines is 2. The molecule has 0 aliphatic heterocycles. The summed E-state index contributed by atoms with van der Waals surface area (Å²) in [6, 6.07) is 10.3. The third-order valence-electron chi connectivity index (χ3n) is 3.09. The van der Waals surface area contributed by atoms with Crippen LogP contribution in [0.5, 0.6) is 0 Å². The van der Waals surface area contributed by atoms with E-state index in [0.29, 0.717) is 16.4 Å². The molecule has 0 bridgehead atoms. The number of rotatable bonds is 5. The molecule has 0 unspecified atom stereocenters. The Morgan fingerprint density at radius 1 is 1.17 bits per heavy atom. The van der Waals surface area contributed by atoms with Gasteiger partial charge in [0.15, 0.2) is 0 Å².